The minimum absolute atomic E-state index is 0.100. The molecule has 0 bridgehead atoms. The van der Waals surface area contributed by atoms with E-state index in [0.29, 0.717) is 5.13 Å². The van der Waals surface area contributed by atoms with E-state index in [1.165, 1.54) is 29.3 Å². The first-order chi connectivity index (χ1) is 10.0. The second-order valence-corrected chi connectivity index (χ2v) is 5.72. The van der Waals surface area contributed by atoms with Gasteiger partial charge in [0.2, 0.25) is 0 Å². The first kappa shape index (κ1) is 13.4. The molecule has 3 N–H and O–H groups in total. The summed E-state index contributed by atoms with van der Waals surface area (Å²) in [6, 6.07) is 4.11. The quantitative estimate of drug-likeness (QED) is 0.758. The van der Waals surface area contributed by atoms with Crippen LogP contribution in [0.15, 0.2) is 24.5 Å². The Morgan fingerprint density at radius 1 is 1.24 bits per heavy atom. The average molecular weight is 299 g/mol. The number of nitrogen functional groups attached to an aromatic ring is 1. The zero-order valence-electron chi connectivity index (χ0n) is 11.5. The number of thiazole rings is 1. The smallest absolute Gasteiger partial charge is 0.279 e. The minimum atomic E-state index is -0.408. The Morgan fingerprint density at radius 2 is 2.00 bits per heavy atom. The topological polar surface area (TPSA) is 93.8 Å². The number of rotatable bonds is 2. The van der Waals surface area contributed by atoms with Crippen molar-refractivity contribution in [3.05, 3.63) is 41.3 Å². The van der Waals surface area contributed by atoms with Gasteiger partial charge in [0.25, 0.3) is 5.91 Å². The molecular weight excluding hydrogens is 286 g/mol. The van der Waals surface area contributed by atoms with Crippen LogP contribution in [0.3, 0.4) is 0 Å². The third-order valence-corrected chi connectivity index (χ3v) is 3.91. The van der Waals surface area contributed by atoms with Gasteiger partial charge < -0.3 is 5.73 Å². The van der Waals surface area contributed by atoms with E-state index in [2.05, 4.69) is 26.3 Å². The van der Waals surface area contributed by atoms with Crippen molar-refractivity contribution in [2.45, 2.75) is 13.8 Å². The van der Waals surface area contributed by atoms with Gasteiger partial charge in [0, 0.05) is 12.4 Å². The van der Waals surface area contributed by atoms with Crippen molar-refractivity contribution in [3.63, 3.8) is 0 Å². The molecule has 1 amide bonds. The lowest BCUT2D eigenvalue weighted by Gasteiger charge is -2.02. The van der Waals surface area contributed by atoms with Gasteiger partial charge >= 0.3 is 0 Å². The van der Waals surface area contributed by atoms with E-state index in [0.717, 1.165) is 15.8 Å². The number of nitrogens with one attached hydrogen (secondary N) is 1. The van der Waals surface area contributed by atoms with Gasteiger partial charge in [-0.05, 0) is 31.0 Å². The van der Waals surface area contributed by atoms with Gasteiger partial charge in [-0.25, -0.2) is 15.0 Å². The van der Waals surface area contributed by atoms with E-state index >= 15 is 0 Å². The fourth-order valence-corrected chi connectivity index (χ4v) is 3.14. The molecular formula is C14H13N5OS. The van der Waals surface area contributed by atoms with E-state index in [1.54, 1.807) is 0 Å². The van der Waals surface area contributed by atoms with Crippen LogP contribution in [-0.4, -0.2) is 20.9 Å². The summed E-state index contributed by atoms with van der Waals surface area (Å²) in [5.41, 5.74) is 8.89. The first-order valence-corrected chi connectivity index (χ1v) is 7.12. The molecule has 3 aromatic rings. The monoisotopic (exact) mass is 299 g/mol. The van der Waals surface area contributed by atoms with E-state index < -0.39 is 5.91 Å². The lowest BCUT2D eigenvalue weighted by Crippen LogP contribution is -2.16. The number of aromatic nitrogens is 3. The normalized spacial score (nSPS) is 10.8. The summed E-state index contributed by atoms with van der Waals surface area (Å²) in [6.45, 7) is 4.03. The van der Waals surface area contributed by atoms with Crippen molar-refractivity contribution in [2.75, 3.05) is 11.1 Å². The second-order valence-electron chi connectivity index (χ2n) is 4.69. The van der Waals surface area contributed by atoms with E-state index in [4.69, 9.17) is 5.73 Å². The van der Waals surface area contributed by atoms with Crippen LogP contribution in [-0.2, 0) is 0 Å². The van der Waals surface area contributed by atoms with Crippen LogP contribution in [0.4, 0.5) is 10.9 Å². The highest BCUT2D eigenvalue weighted by atomic mass is 32.1. The SMILES string of the molecule is Cc1cc(C)c2nc(NC(=O)c3nccnc3N)sc2c1. The summed E-state index contributed by atoms with van der Waals surface area (Å²) in [7, 11) is 0. The van der Waals surface area contributed by atoms with Gasteiger partial charge in [-0.2, -0.15) is 0 Å². The number of carbonyl (C=O) groups excluding carboxylic acids is 1. The number of anilines is 2. The van der Waals surface area contributed by atoms with Crippen molar-refractivity contribution in [3.8, 4) is 0 Å². The van der Waals surface area contributed by atoms with Crippen LogP contribution in [0.1, 0.15) is 21.6 Å². The average Bonchev–Trinajstić information content (AvgIpc) is 2.81. The molecule has 3 rings (SSSR count). The van der Waals surface area contributed by atoms with Gasteiger partial charge in [-0.1, -0.05) is 17.4 Å². The molecule has 6 nitrogen and oxygen atoms in total. The predicted octanol–water partition coefficient (Wildman–Crippen LogP) is 2.54. The zero-order chi connectivity index (χ0) is 15.0. The fourth-order valence-electron chi connectivity index (χ4n) is 2.10. The number of benzene rings is 1. The lowest BCUT2D eigenvalue weighted by molar-refractivity contribution is 0.102. The van der Waals surface area contributed by atoms with Gasteiger partial charge in [-0.15, -0.1) is 0 Å². The molecule has 106 valence electrons. The molecule has 0 aliphatic carbocycles. The first-order valence-electron chi connectivity index (χ1n) is 6.30. The number of aryl methyl sites for hydroxylation is 2. The molecule has 2 heterocycles. The molecule has 0 radical (unpaired) electrons. The van der Waals surface area contributed by atoms with E-state index in [9.17, 15) is 4.79 Å². The molecule has 2 aromatic heterocycles. The Balaban J connectivity index is 1.94. The van der Waals surface area contributed by atoms with Crippen molar-refractivity contribution in [2.24, 2.45) is 0 Å². The van der Waals surface area contributed by atoms with Gasteiger partial charge in [-0.3, -0.25) is 10.1 Å². The van der Waals surface area contributed by atoms with Crippen molar-refractivity contribution >= 4 is 38.4 Å². The third kappa shape index (κ3) is 2.55. The highest BCUT2D eigenvalue weighted by Gasteiger charge is 2.15. The highest BCUT2D eigenvalue weighted by molar-refractivity contribution is 7.22. The number of fused-ring (bicyclic) bond motifs is 1. The van der Waals surface area contributed by atoms with Crippen LogP contribution < -0.4 is 11.1 Å². The van der Waals surface area contributed by atoms with Crippen LogP contribution in [0.25, 0.3) is 10.2 Å². The molecule has 0 saturated heterocycles. The summed E-state index contributed by atoms with van der Waals surface area (Å²) < 4.78 is 1.04. The Kier molecular flexibility index (Phi) is 3.26. The molecule has 0 saturated carbocycles. The molecule has 0 unspecified atom stereocenters. The highest BCUT2D eigenvalue weighted by Crippen LogP contribution is 2.29. The molecule has 0 aliphatic heterocycles. The molecule has 21 heavy (non-hydrogen) atoms. The van der Waals surface area contributed by atoms with Crippen molar-refractivity contribution < 1.29 is 4.79 Å². The number of nitrogens with two attached hydrogens (primary N) is 1. The largest absolute Gasteiger partial charge is 0.382 e. The van der Waals surface area contributed by atoms with Gasteiger partial charge in [0.05, 0.1) is 10.2 Å². The Labute approximate surface area is 125 Å². The number of nitrogens with zero attached hydrogens (tertiary/aromatic N) is 3. The third-order valence-electron chi connectivity index (χ3n) is 2.99. The minimum Gasteiger partial charge on any atom is -0.382 e. The summed E-state index contributed by atoms with van der Waals surface area (Å²) in [5.74, 6) is -0.308. The summed E-state index contributed by atoms with van der Waals surface area (Å²) >= 11 is 1.42. The fraction of sp³-hybridized carbons (Fsp3) is 0.143. The maximum atomic E-state index is 12.1. The maximum Gasteiger partial charge on any atom is 0.279 e. The Bertz CT molecular complexity index is 842. The summed E-state index contributed by atoms with van der Waals surface area (Å²) in [6.07, 6.45) is 2.87. The number of hydrogen-bond acceptors (Lipinski definition) is 6. The second kappa shape index (κ2) is 5.10. The van der Waals surface area contributed by atoms with Crippen LogP contribution in [0.5, 0.6) is 0 Å². The molecule has 0 fully saturated rings. The van der Waals surface area contributed by atoms with Gasteiger partial charge in [0.1, 0.15) is 0 Å². The standard InChI is InChI=1S/C14H13N5OS/c1-7-5-8(2)10-9(6-7)21-14(18-10)19-13(20)11-12(15)17-4-3-16-11/h3-6H,1-2H3,(H2,15,17)(H,18,19,20). The summed E-state index contributed by atoms with van der Waals surface area (Å²) in [4.78, 5) is 24.4. The lowest BCUT2D eigenvalue weighted by atomic mass is 10.1. The molecule has 0 spiro atoms. The van der Waals surface area contributed by atoms with Crippen LogP contribution in [0.2, 0.25) is 0 Å². The van der Waals surface area contributed by atoms with E-state index in [-0.39, 0.29) is 11.5 Å². The van der Waals surface area contributed by atoms with Crippen LogP contribution in [0, 0.1) is 13.8 Å². The Morgan fingerprint density at radius 3 is 2.76 bits per heavy atom. The number of amides is 1. The van der Waals surface area contributed by atoms with Crippen LogP contribution >= 0.6 is 11.3 Å². The molecule has 0 aliphatic rings. The molecule has 1 aromatic carbocycles. The maximum absolute atomic E-state index is 12.1. The van der Waals surface area contributed by atoms with E-state index in [1.807, 2.05) is 19.9 Å². The molecule has 7 heteroatoms. The number of hydrogen-bond donors (Lipinski definition) is 2. The van der Waals surface area contributed by atoms with Crippen molar-refractivity contribution in [1.29, 1.82) is 0 Å². The van der Waals surface area contributed by atoms with Gasteiger partial charge in [0.15, 0.2) is 16.6 Å². The van der Waals surface area contributed by atoms with Crippen molar-refractivity contribution in [1.82, 2.24) is 15.0 Å². The predicted molar refractivity (Wildman–Crippen MR) is 83.5 cm³/mol. The zero-order valence-corrected chi connectivity index (χ0v) is 12.4. The molecule has 0 atom stereocenters. The summed E-state index contributed by atoms with van der Waals surface area (Å²) in [5, 5.41) is 3.24. The Hall–Kier alpha value is -2.54. The number of carbonyl (C=O) groups is 1.